The molecule has 1 fully saturated rings. The minimum absolute atomic E-state index is 0.264. The second-order valence-electron chi connectivity index (χ2n) is 6.07. The van der Waals surface area contributed by atoms with Crippen LogP contribution in [-0.2, 0) is 4.74 Å². The molecule has 0 unspecified atom stereocenters. The predicted octanol–water partition coefficient (Wildman–Crippen LogP) is 2.70. The molecule has 0 aromatic heterocycles. The first kappa shape index (κ1) is 18.3. The van der Waals surface area contributed by atoms with Gasteiger partial charge in [0, 0.05) is 26.2 Å². The van der Waals surface area contributed by atoms with Crippen LogP contribution in [0.4, 0.5) is 16.2 Å². The molecule has 1 aliphatic heterocycles. The second kappa shape index (κ2) is 8.23. The third-order valence-electron chi connectivity index (χ3n) is 4.51. The van der Waals surface area contributed by atoms with Gasteiger partial charge in [0.15, 0.2) is 0 Å². The molecule has 1 N–H and O–H groups in total. The van der Waals surface area contributed by atoms with Gasteiger partial charge in [-0.1, -0.05) is 24.3 Å². The Bertz CT molecular complexity index is 883. The van der Waals surface area contributed by atoms with Crippen LogP contribution in [0.15, 0.2) is 48.5 Å². The highest BCUT2D eigenvalue weighted by Crippen LogP contribution is 2.22. The van der Waals surface area contributed by atoms with Crippen LogP contribution >= 0.6 is 0 Å². The van der Waals surface area contributed by atoms with Gasteiger partial charge in [-0.3, -0.25) is 0 Å². The maximum Gasteiger partial charge on any atom is 0.339 e. The van der Waals surface area contributed by atoms with Crippen LogP contribution in [-0.4, -0.2) is 50.2 Å². The smallest absolute Gasteiger partial charge is 0.339 e. The van der Waals surface area contributed by atoms with E-state index in [4.69, 9.17) is 4.74 Å². The lowest BCUT2D eigenvalue weighted by atomic mass is 10.1. The molecule has 1 saturated heterocycles. The van der Waals surface area contributed by atoms with Gasteiger partial charge in [0.1, 0.15) is 6.07 Å². The number of urea groups is 1. The van der Waals surface area contributed by atoms with E-state index in [9.17, 15) is 14.9 Å². The first-order chi connectivity index (χ1) is 13.1. The lowest BCUT2D eigenvalue weighted by Crippen LogP contribution is -2.50. The van der Waals surface area contributed by atoms with Crippen LogP contribution in [0, 0.1) is 11.3 Å². The molecule has 0 aliphatic carbocycles. The number of anilines is 2. The number of benzene rings is 2. The first-order valence-electron chi connectivity index (χ1n) is 8.61. The number of hydrogen-bond acceptors (Lipinski definition) is 5. The number of nitriles is 1. The molecule has 0 radical (unpaired) electrons. The Morgan fingerprint density at radius 1 is 1.04 bits per heavy atom. The van der Waals surface area contributed by atoms with Crippen molar-refractivity contribution in [3.05, 3.63) is 59.7 Å². The van der Waals surface area contributed by atoms with Crippen LogP contribution in [0.25, 0.3) is 0 Å². The van der Waals surface area contributed by atoms with E-state index in [1.165, 1.54) is 7.11 Å². The fourth-order valence-electron chi connectivity index (χ4n) is 3.07. The van der Waals surface area contributed by atoms with Crippen molar-refractivity contribution in [1.29, 1.82) is 5.26 Å². The summed E-state index contributed by atoms with van der Waals surface area (Å²) in [6, 6.07) is 16.1. The van der Waals surface area contributed by atoms with Gasteiger partial charge >= 0.3 is 12.0 Å². The number of para-hydroxylation sites is 2. The summed E-state index contributed by atoms with van der Waals surface area (Å²) in [5.41, 5.74) is 2.25. The van der Waals surface area contributed by atoms with Crippen LogP contribution in [0.1, 0.15) is 15.9 Å². The van der Waals surface area contributed by atoms with E-state index in [-0.39, 0.29) is 6.03 Å². The summed E-state index contributed by atoms with van der Waals surface area (Å²) < 4.78 is 4.75. The Hall–Kier alpha value is -3.53. The molecule has 1 aliphatic rings. The fourth-order valence-corrected chi connectivity index (χ4v) is 3.07. The second-order valence-corrected chi connectivity index (χ2v) is 6.07. The Morgan fingerprint density at radius 3 is 2.41 bits per heavy atom. The number of esters is 1. The Morgan fingerprint density at radius 2 is 1.70 bits per heavy atom. The Kier molecular flexibility index (Phi) is 5.57. The van der Waals surface area contributed by atoms with Gasteiger partial charge < -0.3 is 19.9 Å². The quantitative estimate of drug-likeness (QED) is 0.847. The number of carbonyl (C=O) groups excluding carboxylic acids is 2. The molecule has 7 heteroatoms. The van der Waals surface area contributed by atoms with Crippen LogP contribution in [0.3, 0.4) is 0 Å². The lowest BCUT2D eigenvalue weighted by molar-refractivity contribution is 0.0602. The SMILES string of the molecule is COC(=O)c1ccccc1NC(=O)N1CCN(c2ccccc2C#N)CC1. The number of nitrogens with one attached hydrogen (secondary N) is 1. The van der Waals surface area contributed by atoms with E-state index in [0.29, 0.717) is 43.0 Å². The number of rotatable bonds is 3. The van der Waals surface area contributed by atoms with Gasteiger partial charge in [0.2, 0.25) is 0 Å². The van der Waals surface area contributed by atoms with E-state index in [1.54, 1.807) is 35.2 Å². The molecule has 2 amide bonds. The molecule has 138 valence electrons. The molecule has 0 spiro atoms. The van der Waals surface area contributed by atoms with Crippen molar-refractivity contribution in [1.82, 2.24) is 4.90 Å². The zero-order chi connectivity index (χ0) is 19.2. The highest BCUT2D eigenvalue weighted by Gasteiger charge is 2.23. The van der Waals surface area contributed by atoms with Gasteiger partial charge in [-0.15, -0.1) is 0 Å². The molecule has 0 saturated carbocycles. The minimum atomic E-state index is -0.496. The monoisotopic (exact) mass is 364 g/mol. The maximum atomic E-state index is 12.6. The molecule has 2 aromatic carbocycles. The third-order valence-corrected chi connectivity index (χ3v) is 4.51. The zero-order valence-electron chi connectivity index (χ0n) is 15.0. The Balaban J connectivity index is 1.65. The van der Waals surface area contributed by atoms with Crippen molar-refractivity contribution in [2.75, 3.05) is 43.5 Å². The van der Waals surface area contributed by atoms with Crippen LogP contribution in [0.5, 0.6) is 0 Å². The van der Waals surface area contributed by atoms with E-state index in [1.807, 2.05) is 18.2 Å². The summed E-state index contributed by atoms with van der Waals surface area (Å²) in [7, 11) is 1.30. The number of piperazine rings is 1. The van der Waals surface area contributed by atoms with Gasteiger partial charge in [0.25, 0.3) is 0 Å². The number of amides is 2. The molecule has 7 nitrogen and oxygen atoms in total. The number of hydrogen-bond donors (Lipinski definition) is 1. The van der Waals surface area contributed by atoms with Crippen LogP contribution < -0.4 is 10.2 Å². The predicted molar refractivity (Wildman–Crippen MR) is 102 cm³/mol. The first-order valence-corrected chi connectivity index (χ1v) is 8.61. The molecule has 0 atom stereocenters. The topological polar surface area (TPSA) is 85.7 Å². The summed E-state index contributed by atoms with van der Waals surface area (Å²) in [4.78, 5) is 28.2. The van der Waals surface area contributed by atoms with Crippen molar-refractivity contribution in [2.24, 2.45) is 0 Å². The largest absolute Gasteiger partial charge is 0.465 e. The van der Waals surface area contributed by atoms with E-state index in [2.05, 4.69) is 16.3 Å². The molecular weight excluding hydrogens is 344 g/mol. The molecular formula is C20H20N4O3. The fraction of sp³-hybridized carbons (Fsp3) is 0.250. The van der Waals surface area contributed by atoms with Crippen molar-refractivity contribution < 1.29 is 14.3 Å². The van der Waals surface area contributed by atoms with Crippen molar-refractivity contribution in [2.45, 2.75) is 0 Å². The summed E-state index contributed by atoms with van der Waals surface area (Å²) in [6.07, 6.45) is 0. The highest BCUT2D eigenvalue weighted by atomic mass is 16.5. The molecule has 0 bridgehead atoms. The normalized spacial score (nSPS) is 13.6. The molecule has 3 rings (SSSR count). The number of methoxy groups -OCH3 is 1. The van der Waals surface area contributed by atoms with Gasteiger partial charge in [-0.2, -0.15) is 5.26 Å². The Labute approximate surface area is 157 Å². The maximum absolute atomic E-state index is 12.6. The lowest BCUT2D eigenvalue weighted by Gasteiger charge is -2.36. The van der Waals surface area contributed by atoms with Gasteiger partial charge in [-0.25, -0.2) is 9.59 Å². The van der Waals surface area contributed by atoms with E-state index in [0.717, 1.165) is 5.69 Å². The summed E-state index contributed by atoms with van der Waals surface area (Å²) in [6.45, 7) is 2.30. The molecule has 27 heavy (non-hydrogen) atoms. The van der Waals surface area contributed by atoms with E-state index >= 15 is 0 Å². The zero-order valence-corrected chi connectivity index (χ0v) is 15.0. The number of nitrogens with zero attached hydrogens (tertiary/aromatic N) is 3. The van der Waals surface area contributed by atoms with Crippen molar-refractivity contribution in [3.8, 4) is 6.07 Å². The van der Waals surface area contributed by atoms with Crippen LogP contribution in [0.2, 0.25) is 0 Å². The van der Waals surface area contributed by atoms with Crippen molar-refractivity contribution >= 4 is 23.4 Å². The standard InChI is InChI=1S/C20H20N4O3/c1-27-19(25)16-7-3-4-8-17(16)22-20(26)24-12-10-23(11-13-24)18-9-5-2-6-15(18)14-21/h2-9H,10-13H2,1H3,(H,22,26). The minimum Gasteiger partial charge on any atom is -0.465 e. The summed E-state index contributed by atoms with van der Waals surface area (Å²) in [5.74, 6) is -0.496. The average Bonchev–Trinajstić information content (AvgIpc) is 2.73. The van der Waals surface area contributed by atoms with Crippen molar-refractivity contribution in [3.63, 3.8) is 0 Å². The highest BCUT2D eigenvalue weighted by molar-refractivity contribution is 6.00. The van der Waals surface area contributed by atoms with Gasteiger partial charge in [0.05, 0.1) is 29.6 Å². The number of carbonyl (C=O) groups is 2. The molecule has 2 aromatic rings. The summed E-state index contributed by atoms with van der Waals surface area (Å²) >= 11 is 0. The summed E-state index contributed by atoms with van der Waals surface area (Å²) in [5, 5.41) is 12.0. The number of ether oxygens (including phenoxy) is 1. The van der Waals surface area contributed by atoms with E-state index < -0.39 is 5.97 Å². The molecule has 1 heterocycles. The van der Waals surface area contributed by atoms with Gasteiger partial charge in [-0.05, 0) is 24.3 Å². The average molecular weight is 364 g/mol. The third kappa shape index (κ3) is 4.01.